The van der Waals surface area contributed by atoms with E-state index in [0.29, 0.717) is 11.6 Å². The second-order valence-electron chi connectivity index (χ2n) is 5.06. The molecule has 0 aliphatic rings. The smallest absolute Gasteiger partial charge is 0.127 e. The van der Waals surface area contributed by atoms with Crippen molar-refractivity contribution >= 4 is 0 Å². The highest BCUT2D eigenvalue weighted by atomic mass is 19.1. The summed E-state index contributed by atoms with van der Waals surface area (Å²) in [5.41, 5.74) is 6.73. The molecule has 0 saturated heterocycles. The molecule has 96 valence electrons. The molecular weight excluding hydrogens is 215 g/mol. The molecule has 17 heavy (non-hydrogen) atoms. The predicted octanol–water partition coefficient (Wildman–Crippen LogP) is 2.80. The van der Waals surface area contributed by atoms with Gasteiger partial charge in [0.25, 0.3) is 0 Å². The third-order valence-corrected chi connectivity index (χ3v) is 3.33. The van der Waals surface area contributed by atoms with E-state index in [2.05, 4.69) is 32.7 Å². The van der Waals surface area contributed by atoms with Crippen LogP contribution in [0.4, 0.5) is 4.39 Å². The first-order valence-electron chi connectivity index (χ1n) is 6.13. The minimum atomic E-state index is -0.252. The molecule has 3 heteroatoms. The summed E-state index contributed by atoms with van der Waals surface area (Å²) < 4.78 is 13.6. The first kappa shape index (κ1) is 14.1. The van der Waals surface area contributed by atoms with Crippen LogP contribution < -0.4 is 5.73 Å². The van der Waals surface area contributed by atoms with Crippen LogP contribution in [-0.2, 0) is 0 Å². The Balaban J connectivity index is 2.70. The van der Waals surface area contributed by atoms with Gasteiger partial charge in [-0.25, -0.2) is 4.39 Å². The van der Waals surface area contributed by atoms with E-state index in [1.54, 1.807) is 12.1 Å². The molecule has 0 heterocycles. The van der Waals surface area contributed by atoms with Gasteiger partial charge in [0.05, 0.1) is 0 Å². The van der Waals surface area contributed by atoms with E-state index < -0.39 is 0 Å². The zero-order chi connectivity index (χ0) is 13.0. The van der Waals surface area contributed by atoms with Crippen molar-refractivity contribution in [3.8, 4) is 0 Å². The fourth-order valence-electron chi connectivity index (χ4n) is 1.83. The normalized spacial score (nSPS) is 15.3. The highest BCUT2D eigenvalue weighted by Crippen LogP contribution is 2.22. The first-order chi connectivity index (χ1) is 7.93. The minimum absolute atomic E-state index is 0.209. The van der Waals surface area contributed by atoms with E-state index in [-0.39, 0.29) is 17.8 Å². The number of hydrogen-bond acceptors (Lipinski definition) is 2. The number of halogens is 1. The highest BCUT2D eigenvalue weighted by molar-refractivity contribution is 5.21. The van der Waals surface area contributed by atoms with E-state index in [1.165, 1.54) is 6.07 Å². The lowest BCUT2D eigenvalue weighted by molar-refractivity contribution is 0.221. The third-order valence-electron chi connectivity index (χ3n) is 3.33. The number of nitrogens with two attached hydrogens (primary N) is 1. The van der Waals surface area contributed by atoms with Crippen molar-refractivity contribution in [2.45, 2.75) is 32.9 Å². The first-order valence-corrected chi connectivity index (χ1v) is 6.13. The topological polar surface area (TPSA) is 29.3 Å². The lowest BCUT2D eigenvalue weighted by Crippen LogP contribution is -2.35. The number of rotatable bonds is 5. The Morgan fingerprint density at radius 2 is 1.82 bits per heavy atom. The molecule has 0 amide bonds. The molecule has 1 aromatic rings. The van der Waals surface area contributed by atoms with Crippen LogP contribution in [0.3, 0.4) is 0 Å². The molecule has 1 rings (SSSR count). The van der Waals surface area contributed by atoms with Crippen LogP contribution in [0.1, 0.15) is 32.4 Å². The van der Waals surface area contributed by atoms with Crippen molar-refractivity contribution in [3.05, 3.63) is 35.6 Å². The Morgan fingerprint density at radius 1 is 1.24 bits per heavy atom. The van der Waals surface area contributed by atoms with E-state index >= 15 is 0 Å². The van der Waals surface area contributed by atoms with Crippen LogP contribution in [0, 0.1) is 11.7 Å². The molecule has 0 saturated carbocycles. The molecule has 2 atom stereocenters. The van der Waals surface area contributed by atoms with Crippen LogP contribution in [0.25, 0.3) is 0 Å². The van der Waals surface area contributed by atoms with Gasteiger partial charge < -0.3 is 10.6 Å². The zero-order valence-electron chi connectivity index (χ0n) is 11.2. The van der Waals surface area contributed by atoms with Crippen LogP contribution >= 0.6 is 0 Å². The highest BCUT2D eigenvalue weighted by Gasteiger charge is 2.20. The number of hydrogen-bond donors (Lipinski definition) is 1. The molecule has 0 aromatic heterocycles. The van der Waals surface area contributed by atoms with Gasteiger partial charge in [-0.3, -0.25) is 0 Å². The Hall–Kier alpha value is -0.930. The summed E-state index contributed by atoms with van der Waals surface area (Å²) in [6.07, 6.45) is 0. The standard InChI is InChI=1S/C14H23FN2/c1-10(2)17(4)9-11(3)14(16)12-7-5-6-8-13(12)15/h5-8,10-11,14H,9,16H2,1-4H3. The van der Waals surface area contributed by atoms with Gasteiger partial charge in [0, 0.05) is 24.2 Å². The van der Waals surface area contributed by atoms with Crippen LogP contribution in [-0.4, -0.2) is 24.5 Å². The molecule has 0 spiro atoms. The maximum Gasteiger partial charge on any atom is 0.127 e. The Labute approximate surface area is 104 Å². The van der Waals surface area contributed by atoms with E-state index in [1.807, 2.05) is 6.07 Å². The summed E-state index contributed by atoms with van der Waals surface area (Å²) in [6.45, 7) is 7.21. The van der Waals surface area contributed by atoms with Crippen molar-refractivity contribution < 1.29 is 4.39 Å². The second-order valence-corrected chi connectivity index (χ2v) is 5.06. The summed E-state index contributed by atoms with van der Waals surface area (Å²) in [5.74, 6) is 0.0124. The van der Waals surface area contributed by atoms with Gasteiger partial charge in [0.15, 0.2) is 0 Å². The monoisotopic (exact) mass is 238 g/mol. The van der Waals surface area contributed by atoms with Crippen molar-refractivity contribution in [2.24, 2.45) is 11.7 Å². The number of nitrogens with zero attached hydrogens (tertiary/aromatic N) is 1. The summed E-state index contributed by atoms with van der Waals surface area (Å²) in [4.78, 5) is 2.23. The summed E-state index contributed by atoms with van der Waals surface area (Å²) >= 11 is 0. The molecule has 2 unspecified atom stereocenters. The second kappa shape index (κ2) is 6.12. The SMILES string of the molecule is CC(CN(C)C(C)C)C(N)c1ccccc1F. The van der Waals surface area contributed by atoms with Gasteiger partial charge in [-0.2, -0.15) is 0 Å². The average molecular weight is 238 g/mol. The molecule has 0 aliphatic carbocycles. The Bertz CT molecular complexity index is 352. The molecule has 0 radical (unpaired) electrons. The Morgan fingerprint density at radius 3 is 2.35 bits per heavy atom. The predicted molar refractivity (Wildman–Crippen MR) is 70.3 cm³/mol. The quantitative estimate of drug-likeness (QED) is 0.854. The summed E-state index contributed by atoms with van der Waals surface area (Å²) in [5, 5.41) is 0. The van der Waals surface area contributed by atoms with E-state index in [9.17, 15) is 4.39 Å². The maximum atomic E-state index is 13.6. The van der Waals surface area contributed by atoms with Crippen LogP contribution in [0.5, 0.6) is 0 Å². The van der Waals surface area contributed by atoms with Crippen LogP contribution in [0.15, 0.2) is 24.3 Å². The van der Waals surface area contributed by atoms with Crippen molar-refractivity contribution in [2.75, 3.05) is 13.6 Å². The van der Waals surface area contributed by atoms with Gasteiger partial charge in [-0.05, 0) is 32.9 Å². The Kier molecular flexibility index (Phi) is 5.09. The fourth-order valence-corrected chi connectivity index (χ4v) is 1.83. The molecule has 0 bridgehead atoms. The van der Waals surface area contributed by atoms with Gasteiger partial charge in [-0.1, -0.05) is 25.1 Å². The molecule has 0 fully saturated rings. The zero-order valence-corrected chi connectivity index (χ0v) is 11.2. The average Bonchev–Trinajstić information content (AvgIpc) is 2.28. The molecule has 2 nitrogen and oxygen atoms in total. The fraction of sp³-hybridized carbons (Fsp3) is 0.571. The lowest BCUT2D eigenvalue weighted by Gasteiger charge is -2.28. The molecule has 0 aliphatic heterocycles. The number of benzene rings is 1. The van der Waals surface area contributed by atoms with Gasteiger partial charge in [0.2, 0.25) is 0 Å². The third kappa shape index (κ3) is 3.79. The molecule has 2 N–H and O–H groups in total. The van der Waals surface area contributed by atoms with Gasteiger partial charge in [-0.15, -0.1) is 0 Å². The largest absolute Gasteiger partial charge is 0.324 e. The summed E-state index contributed by atoms with van der Waals surface area (Å²) in [6, 6.07) is 6.98. The summed E-state index contributed by atoms with van der Waals surface area (Å²) in [7, 11) is 2.06. The maximum absolute atomic E-state index is 13.6. The molecular formula is C14H23FN2. The van der Waals surface area contributed by atoms with Crippen molar-refractivity contribution in [3.63, 3.8) is 0 Å². The van der Waals surface area contributed by atoms with Gasteiger partial charge in [0.1, 0.15) is 5.82 Å². The van der Waals surface area contributed by atoms with Crippen LogP contribution in [0.2, 0.25) is 0 Å². The lowest BCUT2D eigenvalue weighted by atomic mass is 9.94. The van der Waals surface area contributed by atoms with Gasteiger partial charge >= 0.3 is 0 Å². The van der Waals surface area contributed by atoms with Crippen molar-refractivity contribution in [1.82, 2.24) is 4.90 Å². The van der Waals surface area contributed by atoms with E-state index in [4.69, 9.17) is 5.73 Å². The minimum Gasteiger partial charge on any atom is -0.324 e. The molecule has 1 aromatic carbocycles. The van der Waals surface area contributed by atoms with E-state index in [0.717, 1.165) is 6.54 Å². The van der Waals surface area contributed by atoms with Crippen molar-refractivity contribution in [1.29, 1.82) is 0 Å².